The van der Waals surface area contributed by atoms with Crippen LogP contribution in [0.25, 0.3) is 0 Å². The summed E-state index contributed by atoms with van der Waals surface area (Å²) in [5.41, 5.74) is 1.48. The zero-order valence-corrected chi connectivity index (χ0v) is 11.2. The Morgan fingerprint density at radius 2 is 2.27 bits per heavy atom. The molecular weight excluding hydrogens is 324 g/mol. The van der Waals surface area contributed by atoms with Crippen LogP contribution >= 0.6 is 31.9 Å². The lowest BCUT2D eigenvalue weighted by molar-refractivity contribution is 0.0549. The summed E-state index contributed by atoms with van der Waals surface area (Å²) >= 11 is 6.64. The van der Waals surface area contributed by atoms with E-state index in [2.05, 4.69) is 38.4 Å². The highest BCUT2D eigenvalue weighted by atomic mass is 79.9. The molecule has 1 aromatic rings. The number of carbonyl (C=O) groups excluding carboxylic acids is 1. The van der Waals surface area contributed by atoms with Crippen molar-refractivity contribution in [1.29, 1.82) is 0 Å². The van der Waals surface area contributed by atoms with E-state index in [0.717, 1.165) is 10.0 Å². The fraction of sp³-hybridized carbons (Fsp3) is 0.182. The summed E-state index contributed by atoms with van der Waals surface area (Å²) in [6, 6.07) is 5.52. The van der Waals surface area contributed by atoms with Crippen molar-refractivity contribution in [2.75, 3.05) is 6.61 Å². The van der Waals surface area contributed by atoms with Crippen LogP contribution in [0.1, 0.15) is 15.9 Å². The van der Waals surface area contributed by atoms with Gasteiger partial charge in [0.2, 0.25) is 0 Å². The van der Waals surface area contributed by atoms with Gasteiger partial charge in [0.05, 0.1) is 5.56 Å². The minimum Gasteiger partial charge on any atom is -0.458 e. The second-order valence-electron chi connectivity index (χ2n) is 2.82. The number of ether oxygens (including phenoxy) is 1. The third-order valence-electron chi connectivity index (χ3n) is 1.77. The van der Waals surface area contributed by atoms with Crippen LogP contribution in [0.5, 0.6) is 0 Å². The fourth-order valence-electron chi connectivity index (χ4n) is 1.07. The summed E-state index contributed by atoms with van der Waals surface area (Å²) in [5, 5.41) is 0.624. The highest BCUT2D eigenvalue weighted by Gasteiger charge is 2.11. The van der Waals surface area contributed by atoms with Crippen molar-refractivity contribution in [3.05, 3.63) is 46.5 Å². The molecule has 0 aromatic heterocycles. The first-order chi connectivity index (χ1) is 7.19. The molecule has 0 amide bonds. The average molecular weight is 334 g/mol. The molecule has 2 nitrogen and oxygen atoms in total. The van der Waals surface area contributed by atoms with Gasteiger partial charge in [-0.05, 0) is 17.7 Å². The monoisotopic (exact) mass is 332 g/mol. The number of halogens is 2. The molecule has 0 unspecified atom stereocenters. The Morgan fingerprint density at radius 3 is 2.87 bits per heavy atom. The molecular formula is C11H10Br2O2. The van der Waals surface area contributed by atoms with Crippen molar-refractivity contribution in [3.8, 4) is 0 Å². The van der Waals surface area contributed by atoms with E-state index in [1.54, 1.807) is 12.1 Å². The molecule has 0 saturated heterocycles. The minimum absolute atomic E-state index is 0.229. The Hall–Kier alpha value is -0.610. The summed E-state index contributed by atoms with van der Waals surface area (Å²) in [4.78, 5) is 11.6. The summed E-state index contributed by atoms with van der Waals surface area (Å²) in [6.45, 7) is 3.72. The standard InChI is InChI=1S/C11H10Br2O2/c1-2-5-15-11(14)10-6-9(13)4-3-8(10)7-12/h2-4,6H,1,5,7H2. The Balaban J connectivity index is 2.94. The fourth-order valence-corrected chi connectivity index (χ4v) is 1.92. The van der Waals surface area contributed by atoms with E-state index in [1.165, 1.54) is 0 Å². The Morgan fingerprint density at radius 1 is 1.53 bits per heavy atom. The molecule has 0 radical (unpaired) electrons. The highest BCUT2D eigenvalue weighted by Crippen LogP contribution is 2.19. The Labute approximate surface area is 106 Å². The lowest BCUT2D eigenvalue weighted by Gasteiger charge is -2.06. The van der Waals surface area contributed by atoms with Crippen molar-refractivity contribution < 1.29 is 9.53 Å². The van der Waals surface area contributed by atoms with Crippen molar-refractivity contribution >= 4 is 37.8 Å². The molecule has 0 spiro atoms. The van der Waals surface area contributed by atoms with Crippen molar-refractivity contribution in [3.63, 3.8) is 0 Å². The first-order valence-electron chi connectivity index (χ1n) is 4.31. The average Bonchev–Trinajstić information content (AvgIpc) is 2.25. The van der Waals surface area contributed by atoms with Gasteiger partial charge in [0.1, 0.15) is 6.61 Å². The first-order valence-corrected chi connectivity index (χ1v) is 6.23. The quantitative estimate of drug-likeness (QED) is 0.477. The second-order valence-corrected chi connectivity index (χ2v) is 4.30. The van der Waals surface area contributed by atoms with E-state index >= 15 is 0 Å². The van der Waals surface area contributed by atoms with Gasteiger partial charge in [0, 0.05) is 9.80 Å². The van der Waals surface area contributed by atoms with Gasteiger partial charge in [0.15, 0.2) is 0 Å². The molecule has 1 rings (SSSR count). The second kappa shape index (κ2) is 6.08. The summed E-state index contributed by atoms with van der Waals surface area (Å²) in [7, 11) is 0. The summed E-state index contributed by atoms with van der Waals surface area (Å²) < 4.78 is 5.84. The smallest absolute Gasteiger partial charge is 0.338 e. The van der Waals surface area contributed by atoms with E-state index in [1.807, 2.05) is 12.1 Å². The van der Waals surface area contributed by atoms with Crippen LogP contribution in [-0.4, -0.2) is 12.6 Å². The van der Waals surface area contributed by atoms with Gasteiger partial charge >= 0.3 is 5.97 Å². The van der Waals surface area contributed by atoms with Gasteiger partial charge in [-0.2, -0.15) is 0 Å². The SMILES string of the molecule is C=CCOC(=O)c1cc(Br)ccc1CBr. The van der Waals surface area contributed by atoms with Crippen LogP contribution in [0.15, 0.2) is 35.3 Å². The number of benzene rings is 1. The predicted molar refractivity (Wildman–Crippen MR) is 67.3 cm³/mol. The lowest BCUT2D eigenvalue weighted by Crippen LogP contribution is -2.07. The first kappa shape index (κ1) is 12.5. The summed E-state index contributed by atoms with van der Waals surface area (Å²) in [5.74, 6) is -0.328. The summed E-state index contributed by atoms with van der Waals surface area (Å²) in [6.07, 6.45) is 1.55. The molecule has 1 aromatic carbocycles. The van der Waals surface area contributed by atoms with Crippen LogP contribution in [0.3, 0.4) is 0 Å². The van der Waals surface area contributed by atoms with Gasteiger partial charge < -0.3 is 4.74 Å². The molecule has 0 heterocycles. The molecule has 80 valence electrons. The maximum atomic E-state index is 11.6. The zero-order chi connectivity index (χ0) is 11.3. The molecule has 0 aliphatic rings. The maximum Gasteiger partial charge on any atom is 0.338 e. The van der Waals surface area contributed by atoms with Crippen LogP contribution in [0.4, 0.5) is 0 Å². The highest BCUT2D eigenvalue weighted by molar-refractivity contribution is 9.10. The van der Waals surface area contributed by atoms with Gasteiger partial charge in [-0.25, -0.2) is 4.79 Å². The molecule has 0 atom stereocenters. The number of alkyl halides is 1. The van der Waals surface area contributed by atoms with Crippen LogP contribution in [0, 0.1) is 0 Å². The van der Waals surface area contributed by atoms with E-state index in [0.29, 0.717) is 10.9 Å². The minimum atomic E-state index is -0.328. The van der Waals surface area contributed by atoms with E-state index < -0.39 is 0 Å². The van der Waals surface area contributed by atoms with Crippen molar-refractivity contribution in [2.45, 2.75) is 5.33 Å². The van der Waals surface area contributed by atoms with E-state index in [-0.39, 0.29) is 12.6 Å². The molecule has 0 N–H and O–H groups in total. The number of carbonyl (C=O) groups is 1. The molecule has 4 heteroatoms. The van der Waals surface area contributed by atoms with Crippen LogP contribution in [-0.2, 0) is 10.1 Å². The van der Waals surface area contributed by atoms with E-state index in [4.69, 9.17) is 4.74 Å². The molecule has 0 aliphatic carbocycles. The van der Waals surface area contributed by atoms with Gasteiger partial charge in [-0.1, -0.05) is 50.6 Å². The number of hydrogen-bond donors (Lipinski definition) is 0. The molecule has 0 aliphatic heterocycles. The third-order valence-corrected chi connectivity index (χ3v) is 2.87. The van der Waals surface area contributed by atoms with Crippen molar-refractivity contribution in [1.82, 2.24) is 0 Å². The molecule has 0 fully saturated rings. The van der Waals surface area contributed by atoms with Crippen molar-refractivity contribution in [2.24, 2.45) is 0 Å². The van der Waals surface area contributed by atoms with Gasteiger partial charge in [-0.3, -0.25) is 0 Å². The third kappa shape index (κ3) is 3.47. The maximum absolute atomic E-state index is 11.6. The van der Waals surface area contributed by atoms with Crippen LogP contribution < -0.4 is 0 Å². The van der Waals surface area contributed by atoms with Gasteiger partial charge in [-0.15, -0.1) is 0 Å². The number of esters is 1. The largest absolute Gasteiger partial charge is 0.458 e. The normalized spacial score (nSPS) is 9.73. The topological polar surface area (TPSA) is 26.3 Å². The molecule has 15 heavy (non-hydrogen) atoms. The Bertz CT molecular complexity index is 375. The molecule has 0 saturated carbocycles. The number of rotatable bonds is 4. The lowest BCUT2D eigenvalue weighted by atomic mass is 10.1. The zero-order valence-electron chi connectivity index (χ0n) is 8.00. The van der Waals surface area contributed by atoms with Gasteiger partial charge in [0.25, 0.3) is 0 Å². The van der Waals surface area contributed by atoms with E-state index in [9.17, 15) is 4.79 Å². The number of hydrogen-bond acceptors (Lipinski definition) is 2. The predicted octanol–water partition coefficient (Wildman–Crippen LogP) is 3.69. The Kier molecular flexibility index (Phi) is 5.05. The molecule has 0 bridgehead atoms. The van der Waals surface area contributed by atoms with Crippen LogP contribution in [0.2, 0.25) is 0 Å².